The molecule has 274 valence electrons. The van der Waals surface area contributed by atoms with E-state index in [1.54, 1.807) is 0 Å². The van der Waals surface area contributed by atoms with Crippen molar-refractivity contribution in [1.82, 2.24) is 0 Å². The molecule has 4 heteroatoms. The molecule has 1 N–H and O–H groups in total. The second-order valence-electron chi connectivity index (χ2n) is 14.6. The largest absolute Gasteiger partial charge is 0.455 e. The van der Waals surface area contributed by atoms with Crippen LogP contribution in [0, 0.1) is 0 Å². The minimum atomic E-state index is 0.897. The monoisotopic (exact) mass is 744 g/mol. The van der Waals surface area contributed by atoms with Crippen LogP contribution in [0.15, 0.2) is 221 Å². The molecule has 0 saturated carbocycles. The van der Waals surface area contributed by atoms with Gasteiger partial charge in [0.1, 0.15) is 22.3 Å². The van der Waals surface area contributed by atoms with E-state index in [9.17, 15) is 0 Å². The first-order valence-electron chi connectivity index (χ1n) is 19.6. The molecule has 0 spiro atoms. The van der Waals surface area contributed by atoms with Gasteiger partial charge in [0.25, 0.3) is 0 Å². The first-order chi connectivity index (χ1) is 28.7. The van der Waals surface area contributed by atoms with Crippen molar-refractivity contribution < 1.29 is 8.83 Å². The van der Waals surface area contributed by atoms with Crippen LogP contribution in [-0.4, -0.2) is 0 Å². The van der Waals surface area contributed by atoms with Crippen LogP contribution in [-0.2, 0) is 0 Å². The van der Waals surface area contributed by atoms with E-state index in [1.165, 1.54) is 5.56 Å². The predicted molar refractivity (Wildman–Crippen MR) is 242 cm³/mol. The Labute approximate surface area is 335 Å². The molecular weight excluding hydrogens is 709 g/mol. The van der Waals surface area contributed by atoms with Crippen molar-refractivity contribution in [3.05, 3.63) is 212 Å². The number of para-hydroxylation sites is 5. The van der Waals surface area contributed by atoms with E-state index in [0.717, 1.165) is 100 Å². The number of furan rings is 2. The van der Waals surface area contributed by atoms with E-state index < -0.39 is 0 Å². The van der Waals surface area contributed by atoms with Gasteiger partial charge in [-0.25, -0.2) is 0 Å². The van der Waals surface area contributed by atoms with Gasteiger partial charge in [-0.15, -0.1) is 0 Å². The zero-order valence-electron chi connectivity index (χ0n) is 31.5. The number of anilines is 5. The van der Waals surface area contributed by atoms with Crippen LogP contribution in [0.1, 0.15) is 0 Å². The van der Waals surface area contributed by atoms with Crippen molar-refractivity contribution >= 4 is 72.3 Å². The lowest BCUT2D eigenvalue weighted by atomic mass is 10.0. The number of rotatable bonds is 8. The Morgan fingerprint density at radius 3 is 1.28 bits per heavy atom. The van der Waals surface area contributed by atoms with Gasteiger partial charge < -0.3 is 19.1 Å². The molecule has 0 aliphatic heterocycles. The van der Waals surface area contributed by atoms with Gasteiger partial charge in [-0.3, -0.25) is 0 Å². The van der Waals surface area contributed by atoms with Crippen LogP contribution in [0.3, 0.4) is 0 Å². The first kappa shape index (κ1) is 33.5. The van der Waals surface area contributed by atoms with Gasteiger partial charge in [0.05, 0.1) is 0 Å². The lowest BCUT2D eigenvalue weighted by Gasteiger charge is -2.26. The molecular formula is C54H36N2O2. The Bertz CT molecular complexity index is 3080. The molecule has 0 atom stereocenters. The predicted octanol–water partition coefficient (Wildman–Crippen LogP) is 15.7. The smallest absolute Gasteiger partial charge is 0.143 e. The Balaban J connectivity index is 0.971. The second kappa shape index (κ2) is 14.0. The van der Waals surface area contributed by atoms with Gasteiger partial charge >= 0.3 is 0 Å². The van der Waals surface area contributed by atoms with Gasteiger partial charge in [0, 0.05) is 66.7 Å². The zero-order valence-corrected chi connectivity index (χ0v) is 31.5. The Morgan fingerprint density at radius 2 is 0.724 bits per heavy atom. The highest BCUT2D eigenvalue weighted by molar-refractivity contribution is 6.10. The van der Waals surface area contributed by atoms with Crippen LogP contribution < -0.4 is 10.2 Å². The lowest BCUT2D eigenvalue weighted by Crippen LogP contribution is -2.10. The summed E-state index contributed by atoms with van der Waals surface area (Å²) in [6.07, 6.45) is 0. The molecule has 0 aliphatic carbocycles. The number of nitrogens with zero attached hydrogens (tertiary/aromatic N) is 1. The number of nitrogens with one attached hydrogen (secondary N) is 1. The minimum absolute atomic E-state index is 0.897. The maximum atomic E-state index is 6.41. The van der Waals surface area contributed by atoms with Crippen LogP contribution in [0.2, 0.25) is 0 Å². The summed E-state index contributed by atoms with van der Waals surface area (Å²) in [4.78, 5) is 2.30. The molecule has 2 aromatic heterocycles. The van der Waals surface area contributed by atoms with Crippen molar-refractivity contribution in [1.29, 1.82) is 0 Å². The summed E-state index contributed by atoms with van der Waals surface area (Å²) in [6, 6.07) is 74.4. The fourth-order valence-electron chi connectivity index (χ4n) is 8.29. The van der Waals surface area contributed by atoms with E-state index in [2.05, 4.69) is 192 Å². The average molecular weight is 745 g/mol. The van der Waals surface area contributed by atoms with E-state index in [4.69, 9.17) is 8.83 Å². The number of hydrogen-bond acceptors (Lipinski definition) is 4. The third-order valence-electron chi connectivity index (χ3n) is 11.1. The summed E-state index contributed by atoms with van der Waals surface area (Å²) < 4.78 is 12.8. The molecule has 11 aromatic rings. The normalized spacial score (nSPS) is 11.4. The standard InChI is InChI=1S/C54H36N2O2/c1-2-12-36(13-3-1)43-14-4-7-21-50(43)55-39-28-34-42(35-29-39)56(40-30-24-37(25-31-40)44-17-10-19-48-46-15-5-8-22-51(46)57-53(44)48)41-32-26-38(27-33-41)45-18-11-20-49-47-16-6-9-23-52(47)58-54(45)49/h1-35,55H. The maximum Gasteiger partial charge on any atom is 0.143 e. The van der Waals surface area contributed by atoms with Crippen molar-refractivity contribution in [2.75, 3.05) is 10.2 Å². The SMILES string of the molecule is c1ccc(-c2ccccc2Nc2ccc(N(c3ccc(-c4cccc5c4oc4ccccc45)cc3)c3ccc(-c4cccc5c4oc4ccccc45)cc3)cc2)cc1. The summed E-state index contributed by atoms with van der Waals surface area (Å²) >= 11 is 0. The molecule has 0 bridgehead atoms. The highest BCUT2D eigenvalue weighted by Crippen LogP contribution is 2.41. The molecule has 0 unspecified atom stereocenters. The van der Waals surface area contributed by atoms with Crippen molar-refractivity contribution in [3.63, 3.8) is 0 Å². The molecule has 0 saturated heterocycles. The quantitative estimate of drug-likeness (QED) is 0.168. The average Bonchev–Trinajstić information content (AvgIpc) is 3.87. The van der Waals surface area contributed by atoms with Gasteiger partial charge in [0.2, 0.25) is 0 Å². The van der Waals surface area contributed by atoms with Crippen molar-refractivity contribution in [3.8, 4) is 33.4 Å². The zero-order chi connectivity index (χ0) is 38.4. The highest BCUT2D eigenvalue weighted by atomic mass is 16.3. The fraction of sp³-hybridized carbons (Fsp3) is 0. The maximum absolute atomic E-state index is 6.41. The number of fused-ring (bicyclic) bond motifs is 6. The van der Waals surface area contributed by atoms with E-state index >= 15 is 0 Å². The molecule has 0 radical (unpaired) electrons. The molecule has 2 heterocycles. The number of benzene rings is 9. The van der Waals surface area contributed by atoms with Crippen LogP contribution in [0.5, 0.6) is 0 Å². The minimum Gasteiger partial charge on any atom is -0.455 e. The topological polar surface area (TPSA) is 41.5 Å². The van der Waals surface area contributed by atoms with Crippen molar-refractivity contribution in [2.24, 2.45) is 0 Å². The van der Waals surface area contributed by atoms with Crippen LogP contribution in [0.25, 0.3) is 77.3 Å². The van der Waals surface area contributed by atoms with E-state index in [0.29, 0.717) is 0 Å². The Kier molecular flexibility index (Phi) is 8.11. The Morgan fingerprint density at radius 1 is 0.310 bits per heavy atom. The summed E-state index contributed by atoms with van der Waals surface area (Å²) in [5, 5.41) is 8.18. The first-order valence-corrected chi connectivity index (χ1v) is 19.6. The molecule has 0 fully saturated rings. The summed E-state index contributed by atoms with van der Waals surface area (Å²) in [7, 11) is 0. The van der Waals surface area contributed by atoms with Crippen molar-refractivity contribution in [2.45, 2.75) is 0 Å². The lowest BCUT2D eigenvalue weighted by molar-refractivity contribution is 0.669. The van der Waals surface area contributed by atoms with E-state index in [-0.39, 0.29) is 0 Å². The fourth-order valence-corrected chi connectivity index (χ4v) is 8.29. The second-order valence-corrected chi connectivity index (χ2v) is 14.6. The molecule has 0 amide bonds. The van der Waals surface area contributed by atoms with Gasteiger partial charge in [-0.1, -0.05) is 146 Å². The summed E-state index contributed by atoms with van der Waals surface area (Å²) in [5.41, 5.74) is 15.5. The van der Waals surface area contributed by atoms with E-state index in [1.807, 2.05) is 30.3 Å². The van der Waals surface area contributed by atoms with Crippen LogP contribution >= 0.6 is 0 Å². The van der Waals surface area contributed by atoms with Gasteiger partial charge in [-0.2, -0.15) is 0 Å². The molecule has 9 aromatic carbocycles. The summed E-state index contributed by atoms with van der Waals surface area (Å²) in [5.74, 6) is 0. The third kappa shape index (κ3) is 5.87. The summed E-state index contributed by atoms with van der Waals surface area (Å²) in [6.45, 7) is 0. The van der Waals surface area contributed by atoms with Gasteiger partial charge in [0.15, 0.2) is 0 Å². The highest BCUT2D eigenvalue weighted by Gasteiger charge is 2.17. The van der Waals surface area contributed by atoms with Gasteiger partial charge in [-0.05, 0) is 83.4 Å². The number of hydrogen-bond donors (Lipinski definition) is 1. The Hall–Kier alpha value is -7.82. The molecule has 4 nitrogen and oxygen atoms in total. The third-order valence-corrected chi connectivity index (χ3v) is 11.1. The molecule has 11 rings (SSSR count). The van der Waals surface area contributed by atoms with Crippen LogP contribution in [0.4, 0.5) is 28.4 Å². The molecule has 0 aliphatic rings. The molecule has 58 heavy (non-hydrogen) atoms.